The summed E-state index contributed by atoms with van der Waals surface area (Å²) in [6.07, 6.45) is 2.34. The predicted octanol–water partition coefficient (Wildman–Crippen LogP) is 2.00. The molecule has 2 nitrogen and oxygen atoms in total. The maximum atomic E-state index is 11.1. The third-order valence-electron chi connectivity index (χ3n) is 1.27. The van der Waals surface area contributed by atoms with Crippen molar-refractivity contribution in [3.05, 3.63) is 11.6 Å². The van der Waals surface area contributed by atoms with Gasteiger partial charge in [0.25, 0.3) is 0 Å². The molecule has 0 aromatic rings. The summed E-state index contributed by atoms with van der Waals surface area (Å²) in [6, 6.07) is 0. The number of ketones is 1. The molecule has 0 amide bonds. The monoisotopic (exact) mass is 153 g/mol. The number of allylic oxidation sites excluding steroid dienone is 2. The minimum Gasteiger partial charge on any atom is -0.292 e. The van der Waals surface area contributed by atoms with E-state index in [0.29, 0.717) is 12.1 Å². The van der Waals surface area contributed by atoms with E-state index in [4.69, 9.17) is 0 Å². The van der Waals surface area contributed by atoms with Crippen LogP contribution in [0.2, 0.25) is 0 Å². The summed E-state index contributed by atoms with van der Waals surface area (Å²) in [5.41, 5.74) is 1.68. The van der Waals surface area contributed by atoms with Crippen molar-refractivity contribution in [3.8, 4) is 0 Å². The Labute approximate surface area is 68.0 Å². The second kappa shape index (κ2) is 4.83. The van der Waals surface area contributed by atoms with Crippen molar-refractivity contribution in [2.75, 3.05) is 7.05 Å². The molecule has 0 N–H and O–H groups in total. The van der Waals surface area contributed by atoms with Crippen LogP contribution in [0.1, 0.15) is 27.2 Å². The Kier molecular flexibility index (Phi) is 4.42. The van der Waals surface area contributed by atoms with Crippen LogP contribution >= 0.6 is 0 Å². The highest BCUT2D eigenvalue weighted by atomic mass is 16.1. The number of carbonyl (C=O) groups excluding carboxylic acids is 1. The van der Waals surface area contributed by atoms with Crippen LogP contribution in [0.4, 0.5) is 0 Å². The van der Waals surface area contributed by atoms with E-state index in [0.717, 1.165) is 5.57 Å². The summed E-state index contributed by atoms with van der Waals surface area (Å²) < 4.78 is 0. The summed E-state index contributed by atoms with van der Waals surface area (Å²) in [6.45, 7) is 5.74. The van der Waals surface area contributed by atoms with Crippen LogP contribution in [-0.2, 0) is 4.79 Å². The quantitative estimate of drug-likeness (QED) is 0.570. The maximum absolute atomic E-state index is 11.1. The zero-order chi connectivity index (χ0) is 8.85. The lowest BCUT2D eigenvalue weighted by Gasteiger charge is -1.96. The van der Waals surface area contributed by atoms with E-state index in [1.54, 1.807) is 7.05 Å². The van der Waals surface area contributed by atoms with Crippen LogP contribution in [0.25, 0.3) is 0 Å². The molecule has 0 aromatic carbocycles. The smallest absolute Gasteiger partial charge is 0.180 e. The molecule has 0 radical (unpaired) electrons. The number of rotatable bonds is 3. The van der Waals surface area contributed by atoms with Gasteiger partial charge in [-0.15, -0.1) is 0 Å². The molecule has 0 aliphatic heterocycles. The van der Waals surface area contributed by atoms with Gasteiger partial charge in [-0.3, -0.25) is 9.79 Å². The maximum Gasteiger partial charge on any atom is 0.180 e. The molecule has 0 spiro atoms. The Morgan fingerprint density at radius 1 is 1.45 bits per heavy atom. The molecule has 0 aliphatic carbocycles. The van der Waals surface area contributed by atoms with Gasteiger partial charge < -0.3 is 0 Å². The summed E-state index contributed by atoms with van der Waals surface area (Å²) >= 11 is 0. The normalized spacial score (nSPS) is 11.1. The largest absolute Gasteiger partial charge is 0.292 e. The highest BCUT2D eigenvalue weighted by molar-refractivity contribution is 6.44. The Morgan fingerprint density at radius 3 is 2.27 bits per heavy atom. The van der Waals surface area contributed by atoms with Crippen molar-refractivity contribution in [3.63, 3.8) is 0 Å². The SMILES string of the molecule is CCC(=O)C(C=C(C)C)=NC. The number of Topliss-reactive ketones (excluding diaryl/α,β-unsaturated/α-hetero) is 1. The van der Waals surface area contributed by atoms with E-state index in [9.17, 15) is 4.79 Å². The summed E-state index contributed by atoms with van der Waals surface area (Å²) in [5, 5.41) is 0. The average molecular weight is 153 g/mol. The third kappa shape index (κ3) is 3.71. The van der Waals surface area contributed by atoms with E-state index in [1.165, 1.54) is 0 Å². The van der Waals surface area contributed by atoms with E-state index < -0.39 is 0 Å². The van der Waals surface area contributed by atoms with Gasteiger partial charge in [-0.05, 0) is 19.9 Å². The zero-order valence-electron chi connectivity index (χ0n) is 7.64. The van der Waals surface area contributed by atoms with E-state index in [2.05, 4.69) is 4.99 Å². The summed E-state index contributed by atoms with van der Waals surface area (Å²) in [4.78, 5) is 15.0. The van der Waals surface area contributed by atoms with Gasteiger partial charge in [0.2, 0.25) is 0 Å². The van der Waals surface area contributed by atoms with Gasteiger partial charge in [0.05, 0.1) is 5.71 Å². The molecule has 11 heavy (non-hydrogen) atoms. The molecule has 0 rings (SSSR count). The van der Waals surface area contributed by atoms with Crippen LogP contribution in [-0.4, -0.2) is 18.5 Å². The predicted molar refractivity (Wildman–Crippen MR) is 48.1 cm³/mol. The van der Waals surface area contributed by atoms with Crippen LogP contribution in [0, 0.1) is 0 Å². The molecule has 62 valence electrons. The van der Waals surface area contributed by atoms with Gasteiger partial charge in [0.15, 0.2) is 5.78 Å². The standard InChI is InChI=1S/C9H15NO/c1-5-9(11)8(10-4)6-7(2)3/h6H,5H2,1-4H3. The van der Waals surface area contributed by atoms with Crippen LogP contribution in [0.15, 0.2) is 16.6 Å². The Balaban J connectivity index is 4.45. The van der Waals surface area contributed by atoms with Gasteiger partial charge in [-0.25, -0.2) is 0 Å². The van der Waals surface area contributed by atoms with Crippen LogP contribution in [0.5, 0.6) is 0 Å². The molecule has 0 bridgehead atoms. The fraction of sp³-hybridized carbons (Fsp3) is 0.556. The first kappa shape index (κ1) is 10.1. The Morgan fingerprint density at radius 2 is 2.00 bits per heavy atom. The van der Waals surface area contributed by atoms with Crippen LogP contribution in [0.3, 0.4) is 0 Å². The van der Waals surface area contributed by atoms with E-state index >= 15 is 0 Å². The first-order chi connectivity index (χ1) is 5.11. The lowest BCUT2D eigenvalue weighted by molar-refractivity contribution is -0.112. The molecule has 0 atom stereocenters. The lowest BCUT2D eigenvalue weighted by Crippen LogP contribution is -2.09. The molecule has 0 aliphatic rings. The van der Waals surface area contributed by atoms with E-state index in [1.807, 2.05) is 26.8 Å². The summed E-state index contributed by atoms with van der Waals surface area (Å²) in [5.74, 6) is 0.105. The molecule has 0 saturated heterocycles. The van der Waals surface area contributed by atoms with Crippen molar-refractivity contribution in [1.82, 2.24) is 0 Å². The second-order valence-corrected chi connectivity index (χ2v) is 2.61. The number of hydrogen-bond donors (Lipinski definition) is 0. The second-order valence-electron chi connectivity index (χ2n) is 2.61. The van der Waals surface area contributed by atoms with E-state index in [-0.39, 0.29) is 5.78 Å². The first-order valence-corrected chi connectivity index (χ1v) is 3.76. The molecule has 2 heteroatoms. The molecular formula is C9H15NO. The van der Waals surface area contributed by atoms with Crippen molar-refractivity contribution in [2.45, 2.75) is 27.2 Å². The molecule has 0 heterocycles. The number of nitrogens with zero attached hydrogens (tertiary/aromatic N) is 1. The number of hydrogen-bond acceptors (Lipinski definition) is 2. The van der Waals surface area contributed by atoms with Gasteiger partial charge >= 0.3 is 0 Å². The molecule has 0 unspecified atom stereocenters. The number of carbonyl (C=O) groups is 1. The lowest BCUT2D eigenvalue weighted by atomic mass is 10.1. The van der Waals surface area contributed by atoms with Gasteiger partial charge in [-0.2, -0.15) is 0 Å². The Bertz CT molecular complexity index is 198. The topological polar surface area (TPSA) is 29.4 Å². The fourth-order valence-corrected chi connectivity index (χ4v) is 0.724. The zero-order valence-corrected chi connectivity index (χ0v) is 7.64. The molecule has 0 aromatic heterocycles. The van der Waals surface area contributed by atoms with Crippen molar-refractivity contribution in [2.24, 2.45) is 4.99 Å². The van der Waals surface area contributed by atoms with Gasteiger partial charge in [0.1, 0.15) is 0 Å². The number of aliphatic imine (C=N–C) groups is 1. The van der Waals surface area contributed by atoms with Crippen molar-refractivity contribution >= 4 is 11.5 Å². The molecule has 0 saturated carbocycles. The third-order valence-corrected chi connectivity index (χ3v) is 1.27. The van der Waals surface area contributed by atoms with Gasteiger partial charge in [-0.1, -0.05) is 12.5 Å². The first-order valence-electron chi connectivity index (χ1n) is 3.76. The van der Waals surface area contributed by atoms with Crippen LogP contribution < -0.4 is 0 Å². The Hall–Kier alpha value is -0.920. The minimum atomic E-state index is 0.105. The average Bonchev–Trinajstić information content (AvgIpc) is 1.98. The van der Waals surface area contributed by atoms with Crippen molar-refractivity contribution < 1.29 is 4.79 Å². The highest BCUT2D eigenvalue weighted by Gasteiger charge is 2.03. The summed E-state index contributed by atoms with van der Waals surface area (Å²) in [7, 11) is 1.64. The highest BCUT2D eigenvalue weighted by Crippen LogP contribution is 1.94. The minimum absolute atomic E-state index is 0.105. The van der Waals surface area contributed by atoms with Gasteiger partial charge in [0, 0.05) is 13.5 Å². The fourth-order valence-electron chi connectivity index (χ4n) is 0.724. The van der Waals surface area contributed by atoms with Crippen molar-refractivity contribution in [1.29, 1.82) is 0 Å². The molecule has 0 fully saturated rings. The molecular weight excluding hydrogens is 138 g/mol.